The van der Waals surface area contributed by atoms with E-state index in [1.165, 1.54) is 65.3 Å². The van der Waals surface area contributed by atoms with Crippen LogP contribution >= 0.6 is 0 Å². The third-order valence-corrected chi connectivity index (χ3v) is 15.4. The number of rotatable bonds is 8. The van der Waals surface area contributed by atoms with Crippen LogP contribution in [-0.4, -0.2) is 25.9 Å². The van der Waals surface area contributed by atoms with Crippen LogP contribution in [0.5, 0.6) is 0 Å². The first-order valence-corrected chi connectivity index (χ1v) is 14.5. The Morgan fingerprint density at radius 3 is 1.77 bits per heavy atom. The molecule has 0 atom stereocenters. The Morgan fingerprint density at radius 2 is 1.27 bits per heavy atom. The van der Waals surface area contributed by atoms with Gasteiger partial charge in [-0.1, -0.05) is 78.3 Å². The third-order valence-electron chi connectivity index (χ3n) is 3.96. The minimum atomic E-state index is -0.114. The van der Waals surface area contributed by atoms with E-state index in [9.17, 15) is 0 Å². The van der Waals surface area contributed by atoms with Gasteiger partial charge in [-0.25, -0.2) is 0 Å². The van der Waals surface area contributed by atoms with Crippen LogP contribution in [0.1, 0.15) is 22.3 Å². The van der Waals surface area contributed by atoms with E-state index in [2.05, 4.69) is 68.9 Å². The van der Waals surface area contributed by atoms with Crippen LogP contribution < -0.4 is 0 Å². The van der Waals surface area contributed by atoms with Crippen LogP contribution in [0.3, 0.4) is 0 Å². The van der Waals surface area contributed by atoms with Gasteiger partial charge in [0.25, 0.3) is 0 Å². The van der Waals surface area contributed by atoms with Gasteiger partial charge < -0.3 is 0 Å². The standard InChI is InChI=1S/C19H25Si3/c1-16-4-8-18(9-5-16)12-14-21-22(20-3)15-13-19-10-6-17(2)7-11-19/h4-11H,12-15H2,1-3H3. The van der Waals surface area contributed by atoms with Gasteiger partial charge in [-0.15, -0.1) is 0 Å². The van der Waals surface area contributed by atoms with Crippen molar-refractivity contribution in [3.63, 3.8) is 0 Å². The van der Waals surface area contributed by atoms with Crippen molar-refractivity contribution in [3.05, 3.63) is 70.8 Å². The van der Waals surface area contributed by atoms with Crippen molar-refractivity contribution in [3.8, 4) is 0 Å². The summed E-state index contributed by atoms with van der Waals surface area (Å²) in [6, 6.07) is 21.0. The first-order chi connectivity index (χ1) is 10.7. The van der Waals surface area contributed by atoms with Crippen molar-refractivity contribution < 1.29 is 0 Å². The second-order valence-corrected chi connectivity index (χ2v) is 16.4. The van der Waals surface area contributed by atoms with E-state index in [1.54, 1.807) is 0 Å². The minimum absolute atomic E-state index is 0.114. The van der Waals surface area contributed by atoms with E-state index in [0.717, 1.165) is 0 Å². The maximum Gasteiger partial charge on any atom is 0.0225 e. The zero-order valence-corrected chi connectivity index (χ0v) is 16.9. The van der Waals surface area contributed by atoms with Crippen molar-refractivity contribution in [1.82, 2.24) is 0 Å². The Morgan fingerprint density at radius 1 is 0.773 bits per heavy atom. The molecule has 0 N–H and O–H groups in total. The molecule has 0 aliphatic carbocycles. The zero-order valence-electron chi connectivity index (χ0n) is 13.9. The van der Waals surface area contributed by atoms with Gasteiger partial charge in [0.2, 0.25) is 0 Å². The summed E-state index contributed by atoms with van der Waals surface area (Å²) in [5.74, 6) is 0. The molecule has 5 radical (unpaired) electrons. The van der Waals surface area contributed by atoms with Gasteiger partial charge in [-0.2, -0.15) is 0 Å². The molecule has 2 aromatic carbocycles. The molecule has 0 aliphatic rings. The molecular formula is C19H25Si3. The molecule has 0 aliphatic heterocycles. The van der Waals surface area contributed by atoms with Crippen LogP contribution in [0, 0.1) is 13.8 Å². The smallest absolute Gasteiger partial charge is 0.0225 e. The van der Waals surface area contributed by atoms with Gasteiger partial charge in [0.05, 0.1) is 0 Å². The van der Waals surface area contributed by atoms with Crippen molar-refractivity contribution in [2.45, 2.75) is 45.3 Å². The SMILES string of the molecule is C[Si][Si](CCc1ccc(C)cc1)[Si]CCc1ccc(C)cc1. The molecule has 0 amide bonds. The fourth-order valence-corrected chi connectivity index (χ4v) is 10.9. The molecule has 113 valence electrons. The summed E-state index contributed by atoms with van der Waals surface area (Å²) in [4.78, 5) is 0. The van der Waals surface area contributed by atoms with Gasteiger partial charge in [0.15, 0.2) is 0 Å². The summed E-state index contributed by atoms with van der Waals surface area (Å²) in [7, 11) is 2.27. The van der Waals surface area contributed by atoms with E-state index < -0.39 is 0 Å². The molecule has 0 saturated carbocycles. The molecule has 2 rings (SSSR count). The van der Waals surface area contributed by atoms with E-state index in [-0.39, 0.29) is 7.83 Å². The number of hydrogen-bond acceptors (Lipinski definition) is 0. The number of aryl methyl sites for hydroxylation is 4. The Hall–Kier alpha value is -0.909. The first-order valence-electron chi connectivity index (χ1n) is 8.06. The van der Waals surface area contributed by atoms with E-state index in [1.807, 2.05) is 0 Å². The molecule has 22 heavy (non-hydrogen) atoms. The number of benzene rings is 2. The van der Waals surface area contributed by atoms with E-state index in [4.69, 9.17) is 0 Å². The molecule has 0 fully saturated rings. The predicted octanol–water partition coefficient (Wildman–Crippen LogP) is 4.45. The molecule has 0 nitrogen and oxygen atoms in total. The first kappa shape index (κ1) is 17.4. The van der Waals surface area contributed by atoms with E-state index >= 15 is 0 Å². The largest absolute Gasteiger partial charge is 0.0759 e. The van der Waals surface area contributed by atoms with Crippen LogP contribution in [0.15, 0.2) is 48.5 Å². The summed E-state index contributed by atoms with van der Waals surface area (Å²) in [6.45, 7) is 6.75. The third kappa shape index (κ3) is 6.07. The molecule has 0 bridgehead atoms. The summed E-state index contributed by atoms with van der Waals surface area (Å²) in [6.07, 6.45) is 2.55. The highest BCUT2D eigenvalue weighted by Gasteiger charge is 2.10. The summed E-state index contributed by atoms with van der Waals surface area (Å²) in [5, 5.41) is 0. The summed E-state index contributed by atoms with van der Waals surface area (Å²) < 4.78 is 0. The number of hydrogen-bond donors (Lipinski definition) is 0. The van der Waals surface area contributed by atoms with Gasteiger partial charge >= 0.3 is 0 Å². The Balaban J connectivity index is 1.72. The lowest BCUT2D eigenvalue weighted by Gasteiger charge is -2.12. The van der Waals surface area contributed by atoms with Crippen molar-refractivity contribution in [2.75, 3.05) is 0 Å². The van der Waals surface area contributed by atoms with Gasteiger partial charge in [-0.05, 0) is 37.8 Å². The lowest BCUT2D eigenvalue weighted by atomic mass is 10.1. The lowest BCUT2D eigenvalue weighted by Crippen LogP contribution is -2.29. The summed E-state index contributed by atoms with van der Waals surface area (Å²) >= 11 is 0. The monoisotopic (exact) mass is 337 g/mol. The van der Waals surface area contributed by atoms with Crippen LogP contribution in [0.25, 0.3) is 0 Å². The molecule has 2 aromatic rings. The lowest BCUT2D eigenvalue weighted by molar-refractivity contribution is 1.11. The van der Waals surface area contributed by atoms with Crippen LogP contribution in [0.4, 0.5) is 0 Å². The van der Waals surface area contributed by atoms with E-state index in [0.29, 0.717) is 0 Å². The Bertz CT molecular complexity index is 546. The normalized spacial score (nSPS) is 11.1. The predicted molar refractivity (Wildman–Crippen MR) is 103 cm³/mol. The second kappa shape index (κ2) is 9.28. The highest BCUT2D eigenvalue weighted by atomic mass is 29.6. The highest BCUT2D eigenvalue weighted by molar-refractivity contribution is 7.39. The molecule has 0 heterocycles. The van der Waals surface area contributed by atoms with Crippen LogP contribution in [-0.2, 0) is 12.8 Å². The van der Waals surface area contributed by atoms with Crippen molar-refractivity contribution in [1.29, 1.82) is 0 Å². The van der Waals surface area contributed by atoms with Crippen LogP contribution in [0.2, 0.25) is 18.6 Å². The zero-order chi connectivity index (χ0) is 15.8. The average molecular weight is 338 g/mol. The minimum Gasteiger partial charge on any atom is -0.0759 e. The van der Waals surface area contributed by atoms with Gasteiger partial charge in [0, 0.05) is 25.9 Å². The maximum atomic E-state index is 2.42. The molecule has 0 spiro atoms. The fraction of sp³-hybridized carbons (Fsp3) is 0.368. The van der Waals surface area contributed by atoms with Gasteiger partial charge in [0.1, 0.15) is 0 Å². The highest BCUT2D eigenvalue weighted by Crippen LogP contribution is 2.10. The topological polar surface area (TPSA) is 0 Å². The molecule has 0 saturated heterocycles. The fourth-order valence-electron chi connectivity index (χ4n) is 2.44. The maximum absolute atomic E-state index is 2.42. The summed E-state index contributed by atoms with van der Waals surface area (Å²) in [5.41, 5.74) is 5.77. The molecule has 0 unspecified atom stereocenters. The van der Waals surface area contributed by atoms with Crippen molar-refractivity contribution >= 4 is 25.9 Å². The Kier molecular flexibility index (Phi) is 7.36. The molecule has 0 aromatic heterocycles. The second-order valence-electron chi connectivity index (χ2n) is 5.88. The Labute approximate surface area is 142 Å². The van der Waals surface area contributed by atoms with Crippen molar-refractivity contribution in [2.24, 2.45) is 0 Å². The molecule has 3 heteroatoms. The quantitative estimate of drug-likeness (QED) is 0.624. The average Bonchev–Trinajstić information content (AvgIpc) is 2.54. The molecular weight excluding hydrogens is 312 g/mol. The van der Waals surface area contributed by atoms with Gasteiger partial charge in [-0.3, -0.25) is 0 Å².